The first kappa shape index (κ1) is 18.5. The molecule has 2 heterocycles. The van der Waals surface area contributed by atoms with Crippen LogP contribution < -0.4 is 10.1 Å². The van der Waals surface area contributed by atoms with Crippen molar-refractivity contribution >= 4 is 6.09 Å². The summed E-state index contributed by atoms with van der Waals surface area (Å²) < 4.78 is 24.5. The molecule has 1 aliphatic heterocycles. The maximum absolute atomic E-state index is 13.8. The first-order chi connectivity index (χ1) is 14.1. The van der Waals surface area contributed by atoms with E-state index in [1.165, 1.54) is 6.07 Å². The third-order valence-corrected chi connectivity index (χ3v) is 4.52. The van der Waals surface area contributed by atoms with Gasteiger partial charge in [0.05, 0.1) is 18.4 Å². The fourth-order valence-electron chi connectivity index (χ4n) is 3.12. The molecule has 0 unspecified atom stereocenters. The van der Waals surface area contributed by atoms with Crippen LogP contribution in [0.15, 0.2) is 66.7 Å². The molecular formula is C23H17FN2O3. The van der Waals surface area contributed by atoms with Gasteiger partial charge in [0.2, 0.25) is 0 Å². The number of alkyl carbamates (subject to hydrolysis) is 1. The van der Waals surface area contributed by atoms with Gasteiger partial charge in [-0.2, -0.15) is 0 Å². The van der Waals surface area contributed by atoms with Gasteiger partial charge in [-0.1, -0.05) is 36.3 Å². The summed E-state index contributed by atoms with van der Waals surface area (Å²) in [4.78, 5) is 16.5. The summed E-state index contributed by atoms with van der Waals surface area (Å²) in [7, 11) is 1.58. The number of hydrogen-bond donors (Lipinski definition) is 1. The number of rotatable bonds is 3. The van der Waals surface area contributed by atoms with Gasteiger partial charge >= 0.3 is 6.09 Å². The average molecular weight is 388 g/mol. The molecule has 1 fully saturated rings. The molecule has 1 aromatic heterocycles. The van der Waals surface area contributed by atoms with Crippen LogP contribution in [-0.2, 0) is 4.74 Å². The van der Waals surface area contributed by atoms with Crippen LogP contribution in [0.4, 0.5) is 9.18 Å². The molecule has 0 aliphatic carbocycles. The number of carbonyl (C=O) groups excluding carboxylic acids is 1. The van der Waals surface area contributed by atoms with Crippen molar-refractivity contribution in [3.05, 3.63) is 95.1 Å². The fraction of sp³-hybridized carbons (Fsp3) is 0.130. The standard InChI is InChI=1S/C23H17FN2O3/c1-28-18-9-4-7-16(14-18)22-21(26-23(27)29-22)20-11-5-8-17(25-20)13-12-15-6-2-3-10-19(15)24/h2-11,14,21-22H,1H3,(H,26,27)/t21-,22-/m1/s1. The number of ether oxygens (including phenoxy) is 2. The second-order valence-electron chi connectivity index (χ2n) is 6.40. The second-order valence-corrected chi connectivity index (χ2v) is 6.40. The SMILES string of the molecule is COc1cccc([C@H]2OC(=O)N[C@@H]2c2cccc(C#Cc3ccccc3F)n2)c1. The lowest BCUT2D eigenvalue weighted by molar-refractivity contribution is 0.131. The molecule has 3 aromatic rings. The van der Waals surface area contributed by atoms with Crippen molar-refractivity contribution in [2.45, 2.75) is 12.1 Å². The normalized spacial score (nSPS) is 17.7. The summed E-state index contributed by atoms with van der Waals surface area (Å²) in [5.41, 5.74) is 2.16. The summed E-state index contributed by atoms with van der Waals surface area (Å²) in [6.45, 7) is 0. The predicted molar refractivity (Wildman–Crippen MR) is 105 cm³/mol. The van der Waals surface area contributed by atoms with Crippen molar-refractivity contribution in [3.8, 4) is 17.6 Å². The number of nitrogens with zero attached hydrogens (tertiary/aromatic N) is 1. The first-order valence-corrected chi connectivity index (χ1v) is 8.98. The van der Waals surface area contributed by atoms with E-state index in [0.717, 1.165) is 5.56 Å². The third-order valence-electron chi connectivity index (χ3n) is 4.52. The predicted octanol–water partition coefficient (Wildman–Crippen LogP) is 4.15. The van der Waals surface area contributed by atoms with Gasteiger partial charge < -0.3 is 14.8 Å². The fourth-order valence-corrected chi connectivity index (χ4v) is 3.12. The van der Waals surface area contributed by atoms with Gasteiger partial charge in [-0.15, -0.1) is 0 Å². The molecule has 1 amide bonds. The zero-order valence-electron chi connectivity index (χ0n) is 15.6. The summed E-state index contributed by atoms with van der Waals surface area (Å²) >= 11 is 0. The number of pyridine rings is 1. The molecule has 0 saturated carbocycles. The Balaban J connectivity index is 1.64. The lowest BCUT2D eigenvalue weighted by atomic mass is 9.99. The van der Waals surface area contributed by atoms with E-state index in [9.17, 15) is 9.18 Å². The van der Waals surface area contributed by atoms with E-state index in [2.05, 4.69) is 22.1 Å². The van der Waals surface area contributed by atoms with E-state index in [1.807, 2.05) is 24.3 Å². The van der Waals surface area contributed by atoms with Crippen LogP contribution in [0.3, 0.4) is 0 Å². The molecule has 1 aliphatic rings. The van der Waals surface area contributed by atoms with Crippen LogP contribution >= 0.6 is 0 Å². The van der Waals surface area contributed by atoms with E-state index < -0.39 is 18.2 Å². The maximum atomic E-state index is 13.8. The highest BCUT2D eigenvalue weighted by Gasteiger charge is 2.37. The molecule has 29 heavy (non-hydrogen) atoms. The molecule has 4 rings (SSSR count). The van der Waals surface area contributed by atoms with Gasteiger partial charge in [-0.25, -0.2) is 14.2 Å². The number of aromatic nitrogens is 1. The van der Waals surface area contributed by atoms with Crippen LogP contribution in [0.2, 0.25) is 0 Å². The number of methoxy groups -OCH3 is 1. The molecule has 0 spiro atoms. The minimum absolute atomic E-state index is 0.298. The Morgan fingerprint density at radius 2 is 1.90 bits per heavy atom. The lowest BCUT2D eigenvalue weighted by Crippen LogP contribution is -2.20. The Labute approximate surface area is 167 Å². The monoisotopic (exact) mass is 388 g/mol. The topological polar surface area (TPSA) is 60.5 Å². The van der Waals surface area contributed by atoms with Gasteiger partial charge in [-0.05, 0) is 47.9 Å². The maximum Gasteiger partial charge on any atom is 0.408 e. The Hall–Kier alpha value is -3.85. The molecule has 0 bridgehead atoms. The quantitative estimate of drug-likeness (QED) is 0.685. The van der Waals surface area contributed by atoms with Gasteiger partial charge in [0, 0.05) is 0 Å². The minimum Gasteiger partial charge on any atom is -0.497 e. The summed E-state index contributed by atoms with van der Waals surface area (Å²) in [6, 6.07) is 18.5. The molecule has 5 nitrogen and oxygen atoms in total. The summed E-state index contributed by atoms with van der Waals surface area (Å²) in [5, 5.41) is 2.79. The van der Waals surface area contributed by atoms with Crippen LogP contribution in [0.25, 0.3) is 0 Å². The van der Waals surface area contributed by atoms with Crippen LogP contribution in [0.1, 0.15) is 34.7 Å². The van der Waals surface area contributed by atoms with Gasteiger partial charge in [0.1, 0.15) is 23.3 Å². The van der Waals surface area contributed by atoms with Gasteiger partial charge in [0.25, 0.3) is 0 Å². The van der Waals surface area contributed by atoms with Crippen LogP contribution in [-0.4, -0.2) is 18.2 Å². The minimum atomic E-state index is -0.556. The number of halogens is 1. The number of nitrogens with one attached hydrogen (secondary N) is 1. The number of cyclic esters (lactones) is 1. The average Bonchev–Trinajstić information content (AvgIpc) is 3.15. The smallest absolute Gasteiger partial charge is 0.408 e. The van der Waals surface area contributed by atoms with Crippen molar-refractivity contribution in [3.63, 3.8) is 0 Å². The molecule has 6 heteroatoms. The lowest BCUT2D eigenvalue weighted by Gasteiger charge is -2.17. The Morgan fingerprint density at radius 1 is 1.07 bits per heavy atom. The van der Waals surface area contributed by atoms with Crippen molar-refractivity contribution < 1.29 is 18.7 Å². The highest BCUT2D eigenvalue weighted by molar-refractivity contribution is 5.71. The third kappa shape index (κ3) is 4.04. The largest absolute Gasteiger partial charge is 0.497 e. The number of hydrogen-bond acceptors (Lipinski definition) is 4. The second kappa shape index (κ2) is 8.03. The van der Waals surface area contributed by atoms with E-state index in [1.54, 1.807) is 43.5 Å². The van der Waals surface area contributed by atoms with Crippen molar-refractivity contribution in [1.82, 2.24) is 10.3 Å². The number of amides is 1. The van der Waals surface area contributed by atoms with Gasteiger partial charge in [-0.3, -0.25) is 0 Å². The molecular weight excluding hydrogens is 371 g/mol. The first-order valence-electron chi connectivity index (χ1n) is 8.98. The van der Waals surface area contributed by atoms with E-state index in [0.29, 0.717) is 22.7 Å². The molecule has 0 radical (unpaired) electrons. The van der Waals surface area contributed by atoms with Crippen molar-refractivity contribution in [2.24, 2.45) is 0 Å². The molecule has 2 aromatic carbocycles. The van der Waals surface area contributed by atoms with E-state index in [-0.39, 0.29) is 5.82 Å². The molecule has 1 saturated heterocycles. The van der Waals surface area contributed by atoms with Crippen molar-refractivity contribution in [1.29, 1.82) is 0 Å². The molecule has 1 N–H and O–H groups in total. The van der Waals surface area contributed by atoms with Gasteiger partial charge in [0.15, 0.2) is 6.10 Å². The molecule has 144 valence electrons. The van der Waals surface area contributed by atoms with E-state index in [4.69, 9.17) is 9.47 Å². The Kier molecular flexibility index (Phi) is 5.12. The number of carbonyl (C=O) groups is 1. The van der Waals surface area contributed by atoms with Crippen molar-refractivity contribution in [2.75, 3.05) is 7.11 Å². The van der Waals surface area contributed by atoms with Crippen LogP contribution in [0.5, 0.6) is 5.75 Å². The highest BCUT2D eigenvalue weighted by Crippen LogP contribution is 2.37. The number of benzene rings is 2. The highest BCUT2D eigenvalue weighted by atomic mass is 19.1. The Morgan fingerprint density at radius 3 is 2.72 bits per heavy atom. The van der Waals surface area contributed by atoms with Crippen LogP contribution in [0, 0.1) is 17.7 Å². The Bertz CT molecular complexity index is 1120. The summed E-state index contributed by atoms with van der Waals surface area (Å²) in [5.74, 6) is 5.95. The zero-order chi connectivity index (χ0) is 20.2. The summed E-state index contributed by atoms with van der Waals surface area (Å²) in [6.07, 6.45) is -1.08. The van der Waals surface area contributed by atoms with E-state index >= 15 is 0 Å². The zero-order valence-corrected chi connectivity index (χ0v) is 15.6. The molecule has 2 atom stereocenters.